The van der Waals surface area contributed by atoms with Gasteiger partial charge in [0.1, 0.15) is 105 Å². The van der Waals surface area contributed by atoms with Gasteiger partial charge in [0.15, 0.2) is 0 Å². The highest BCUT2D eigenvalue weighted by Gasteiger charge is 2.33. The van der Waals surface area contributed by atoms with Crippen molar-refractivity contribution in [3.05, 3.63) is 307 Å². The summed E-state index contributed by atoms with van der Waals surface area (Å²) in [7, 11) is -4.56. The normalized spacial score (nSPS) is 14.7. The van der Waals surface area contributed by atoms with Crippen molar-refractivity contribution in [1.82, 2.24) is 86.4 Å². The van der Waals surface area contributed by atoms with Crippen LogP contribution in [-0.2, 0) is 62.5 Å². The number of methoxy groups -OCH3 is 3. The zero-order chi connectivity index (χ0) is 100. The molecule has 0 bridgehead atoms. The molecule has 0 amide bonds. The second-order valence-electron chi connectivity index (χ2n) is 35.6. The van der Waals surface area contributed by atoms with E-state index in [4.69, 9.17) is 42.4 Å². The van der Waals surface area contributed by atoms with Crippen molar-refractivity contribution in [1.29, 1.82) is 0 Å². The number of hydrogen-bond acceptors (Lipinski definition) is 24. The first-order valence-electron chi connectivity index (χ1n) is 46.2. The van der Waals surface area contributed by atoms with E-state index >= 15 is 0 Å². The van der Waals surface area contributed by atoms with Gasteiger partial charge < -0.3 is 43.9 Å². The van der Waals surface area contributed by atoms with E-state index in [9.17, 15) is 34.0 Å². The number of rotatable bonds is 20. The molecule has 18 aromatic rings. The molecule has 0 atom stereocenters. The molecule has 5 aliphatic rings. The van der Waals surface area contributed by atoms with Crippen LogP contribution in [-0.4, -0.2) is 209 Å². The molecule has 30 nitrogen and oxygen atoms in total. The number of nitrogens with zero attached hydrogens (tertiary/aromatic N) is 18. The lowest BCUT2D eigenvalue weighted by Crippen LogP contribution is -2.42. The predicted molar refractivity (Wildman–Crippen MR) is 571 cm³/mol. The zero-order valence-corrected chi connectivity index (χ0v) is 87.5. The molecule has 23 rings (SSSR count). The summed E-state index contributed by atoms with van der Waals surface area (Å²) in [6, 6.07) is 57.9. The number of halogens is 7. The minimum Gasteiger partial charge on any atom is -0.497 e. The van der Waals surface area contributed by atoms with E-state index in [1.807, 2.05) is 103 Å². The van der Waals surface area contributed by atoms with Gasteiger partial charge in [-0.3, -0.25) is 9.97 Å². The van der Waals surface area contributed by atoms with Crippen LogP contribution in [0.2, 0.25) is 10.3 Å². The maximum Gasteiger partial charge on any atom is 0.211 e. The number of pyridine rings is 2. The van der Waals surface area contributed by atoms with Crippen molar-refractivity contribution in [3.63, 3.8) is 0 Å². The molecule has 3 N–H and O–H groups in total. The zero-order valence-electron chi connectivity index (χ0n) is 78.8. The predicted octanol–water partition coefficient (Wildman–Crippen LogP) is 20.5. The number of piperidine rings is 3. The van der Waals surface area contributed by atoms with Gasteiger partial charge in [-0.25, -0.2) is 96.8 Å². The van der Waals surface area contributed by atoms with Crippen LogP contribution in [0.3, 0.4) is 0 Å². The van der Waals surface area contributed by atoms with Crippen LogP contribution < -0.4 is 30.2 Å². The molecule has 0 unspecified atom stereocenters. The molecular weight excluding hydrogens is 2130 g/mol. The van der Waals surface area contributed by atoms with E-state index in [-0.39, 0.29) is 23.9 Å². The highest BCUT2D eigenvalue weighted by Crippen LogP contribution is 2.46. The Morgan fingerprint density at radius 2 is 0.701 bits per heavy atom. The monoisotopic (exact) mass is 2220 g/mol. The van der Waals surface area contributed by atoms with Gasteiger partial charge in [0.2, 0.25) is 30.1 Å². The third-order valence-electron chi connectivity index (χ3n) is 26.4. The standard InChI is InChI=1S/C29H29FN6O3S.C24H26BrN5O3S.C22H22FN5O2S.C18H13BrClN3O.C11H6BrClN2/c1-39-24-6-3-19(4-7-24)17-36-26-8-5-20(21-13-22(30)16-31-15-21)14-25(26)27-28(32-18-33-29(27)36)34-23-9-11-35(12-10-23)40(2,37)38;1-33-19-6-3-16(4-7-19)14-30-21-8-5-17(25)13-20(21)22-23(26-15-27-24(22)30)28-18-9-11-29(12-10-18)34(2,31)32;1-31(29,30)28-6-4-18(5-7-28)27-22-21-19-9-14(16-8-17(23)12-24-11-16)2-3-15(19)10-20(21)25-13-26-22;1-24-13-5-2-11(3-6-13)9-23-15-7-4-12(19)8-14(15)16-17(20)21-10-22-18(16)23;12-7-2-1-6-3-9-10(8(6)4-7)11(13)15-5-14-9/h3-8,13-16,18,23H,9-12,17H2,1-2H3,(H,32,33,34);3-8,13,15,18H,9-12,14H2,1-2H3,(H,26,27,28);2-3,8-9,11-13,18H,4-7,10H2,1H3,(H,25,26,27);2-8,10H,9H2,1H3;1-2,4-5H,3H2. The van der Waals surface area contributed by atoms with E-state index < -0.39 is 35.9 Å². The Kier molecular flexibility index (Phi) is 29.8. The second-order valence-corrected chi connectivity index (χ2v) is 45.1. The molecule has 10 aromatic heterocycles. The number of benzene rings is 8. The third kappa shape index (κ3) is 22.1. The Bertz CT molecular complexity index is 8280. The summed E-state index contributed by atoms with van der Waals surface area (Å²) in [5.74, 6) is 3.91. The quantitative estimate of drug-likeness (QED) is 0.0597. The number of ether oxygens (including phenoxy) is 3. The first-order valence-corrected chi connectivity index (χ1v) is 54.9. The van der Waals surface area contributed by atoms with Crippen LogP contribution >= 0.6 is 71.0 Å². The fraction of sp³-hybridized carbons (Fsp3) is 0.250. The smallest absolute Gasteiger partial charge is 0.211 e. The average molecular weight is 2230 g/mol. The molecule has 0 saturated carbocycles. The van der Waals surface area contributed by atoms with Crippen molar-refractivity contribution in [2.45, 2.75) is 89.1 Å². The highest BCUT2D eigenvalue weighted by atomic mass is 79.9. The van der Waals surface area contributed by atoms with Crippen molar-refractivity contribution in [2.24, 2.45) is 0 Å². The Hall–Kier alpha value is -12.7. The largest absolute Gasteiger partial charge is 0.497 e. The molecule has 3 aliphatic heterocycles. The average Bonchev–Trinajstić information content (AvgIpc) is 1.60. The summed E-state index contributed by atoms with van der Waals surface area (Å²) in [5, 5.41) is 17.4. The van der Waals surface area contributed by atoms with Crippen LogP contribution in [0, 0.1) is 11.6 Å². The minimum absolute atomic E-state index is 0.0618. The lowest BCUT2D eigenvalue weighted by atomic mass is 9.99. The molecule has 2 aliphatic carbocycles. The van der Waals surface area contributed by atoms with Crippen LogP contribution in [0.4, 0.5) is 26.2 Å². The van der Waals surface area contributed by atoms with Gasteiger partial charge in [-0.2, -0.15) is 0 Å². The number of hydrogen-bond donors (Lipinski definition) is 3. The molecule has 144 heavy (non-hydrogen) atoms. The Labute approximate surface area is 865 Å². The van der Waals surface area contributed by atoms with Crippen molar-refractivity contribution in [3.8, 4) is 61.8 Å². The van der Waals surface area contributed by atoms with Gasteiger partial charge in [0.05, 0.1) is 96.6 Å². The number of fused-ring (bicyclic) bond motifs is 15. The Morgan fingerprint density at radius 1 is 0.361 bits per heavy atom. The maximum absolute atomic E-state index is 14.0. The van der Waals surface area contributed by atoms with Gasteiger partial charge in [-0.05, 0) is 204 Å². The summed E-state index contributed by atoms with van der Waals surface area (Å²) >= 11 is 23.0. The van der Waals surface area contributed by atoms with E-state index in [0.29, 0.717) is 106 Å². The van der Waals surface area contributed by atoms with Gasteiger partial charge in [0, 0.05) is 154 Å². The topological polar surface area (TPSA) is 345 Å². The molecular formula is C104H96Br3Cl2F2N21O9S3. The van der Waals surface area contributed by atoms with Crippen molar-refractivity contribution in [2.75, 3.05) is 95.3 Å². The molecule has 0 radical (unpaired) electrons. The molecule has 40 heteroatoms. The fourth-order valence-corrected chi connectivity index (χ4v) is 23.4. The summed E-state index contributed by atoms with van der Waals surface area (Å²) in [5.41, 5.74) is 20.6. The fourth-order valence-electron chi connectivity index (χ4n) is 19.2. The Balaban J connectivity index is 0.000000117. The first-order chi connectivity index (χ1) is 69.4. The molecule has 8 aromatic carbocycles. The van der Waals surface area contributed by atoms with E-state index in [0.717, 1.165) is 206 Å². The maximum atomic E-state index is 14.0. The van der Waals surface area contributed by atoms with E-state index in [1.54, 1.807) is 57.0 Å². The lowest BCUT2D eigenvalue weighted by Gasteiger charge is -2.31. The molecule has 0 spiro atoms. The molecule has 13 heterocycles. The molecule has 3 saturated heterocycles. The van der Waals surface area contributed by atoms with Gasteiger partial charge in [0.25, 0.3) is 0 Å². The number of sulfonamides is 3. The minimum atomic E-state index is -3.21. The summed E-state index contributed by atoms with van der Waals surface area (Å²) < 4.78 is 129. The van der Waals surface area contributed by atoms with Crippen LogP contribution in [0.5, 0.6) is 17.2 Å². The summed E-state index contributed by atoms with van der Waals surface area (Å²) in [6.07, 6.45) is 23.0. The Morgan fingerprint density at radius 3 is 1.14 bits per heavy atom. The second kappa shape index (κ2) is 42.9. The van der Waals surface area contributed by atoms with Crippen LogP contribution in [0.25, 0.3) is 110 Å². The van der Waals surface area contributed by atoms with Crippen molar-refractivity contribution >= 4 is 184 Å². The lowest BCUT2D eigenvalue weighted by molar-refractivity contribution is 0.331. The summed E-state index contributed by atoms with van der Waals surface area (Å²) in [6.45, 7) is 4.86. The van der Waals surface area contributed by atoms with Gasteiger partial charge in [-0.15, -0.1) is 0 Å². The number of anilines is 3. The van der Waals surface area contributed by atoms with Crippen molar-refractivity contribution < 1.29 is 48.2 Å². The highest BCUT2D eigenvalue weighted by molar-refractivity contribution is 9.11. The van der Waals surface area contributed by atoms with Gasteiger partial charge in [-0.1, -0.05) is 132 Å². The van der Waals surface area contributed by atoms with Crippen LogP contribution in [0.15, 0.2) is 246 Å². The SMILES string of the molecule is COc1ccc(Cn2c3ccc(-c4cncc(F)c4)cc3c3c(NC4CCN(S(C)(=O)=O)CC4)ncnc32)cc1.COc1ccc(Cn2c3ccc(Br)cc3c3c(Cl)ncnc32)cc1.COc1ccc(Cn2c3ccc(Br)cc3c3c(NC4CCN(S(C)(=O)=O)CC4)ncnc32)cc1.CS(=O)(=O)N1CCC(Nc2ncnc3c2-c2cc(-c4cncc(F)c4)ccc2C3)CC1.Clc1ncnc2c1-c1cc(Br)ccc1C2. The van der Waals surface area contributed by atoms with E-state index in [1.165, 1.54) is 70.1 Å². The molecule has 3 fully saturated rings. The third-order valence-corrected chi connectivity index (χ3v) is 32.4. The van der Waals surface area contributed by atoms with E-state index in [2.05, 4.69) is 193 Å². The number of nitrogens with one attached hydrogen (secondary N) is 3. The molecule has 738 valence electrons. The first kappa shape index (κ1) is 100.0. The summed E-state index contributed by atoms with van der Waals surface area (Å²) in [4.78, 5) is 52.4. The van der Waals surface area contributed by atoms with Gasteiger partial charge >= 0.3 is 0 Å². The van der Waals surface area contributed by atoms with Crippen LogP contribution in [0.1, 0.15) is 77.7 Å². The number of aromatic nitrogens is 15.